The van der Waals surface area contributed by atoms with Crippen LogP contribution in [0.3, 0.4) is 0 Å². The van der Waals surface area contributed by atoms with Gasteiger partial charge in [-0.3, -0.25) is 0 Å². The SMILES string of the molecule is CCc1ccc(-c2cc(C(F)(F)F)n3nc(-c4nc(-c5cccc(N)c5C)no4)cc3n2)s1. The summed E-state index contributed by atoms with van der Waals surface area (Å²) in [4.78, 5) is 10.4. The first-order valence-corrected chi connectivity index (χ1v) is 10.8. The first kappa shape index (κ1) is 21.1. The highest BCUT2D eigenvalue weighted by Crippen LogP contribution is 2.35. The molecule has 0 spiro atoms. The molecule has 0 saturated carbocycles. The molecule has 0 bridgehead atoms. The fourth-order valence-corrected chi connectivity index (χ4v) is 4.35. The molecule has 0 aliphatic carbocycles. The minimum absolute atomic E-state index is 0.0172. The van der Waals surface area contributed by atoms with Crippen molar-refractivity contribution in [2.75, 3.05) is 5.73 Å². The number of fused-ring (bicyclic) bond motifs is 1. The van der Waals surface area contributed by atoms with E-state index in [0.717, 1.165) is 27.4 Å². The van der Waals surface area contributed by atoms with Crippen LogP contribution in [0.1, 0.15) is 23.1 Å². The van der Waals surface area contributed by atoms with Crippen molar-refractivity contribution in [2.24, 2.45) is 0 Å². The Morgan fingerprint density at radius 3 is 2.64 bits per heavy atom. The number of alkyl halides is 3. The number of benzene rings is 1. The van der Waals surface area contributed by atoms with Crippen molar-refractivity contribution < 1.29 is 17.7 Å². The van der Waals surface area contributed by atoms with Gasteiger partial charge in [-0.15, -0.1) is 11.3 Å². The van der Waals surface area contributed by atoms with Crippen molar-refractivity contribution >= 4 is 22.7 Å². The average Bonchev–Trinajstić information content (AvgIpc) is 3.52. The maximum atomic E-state index is 13.9. The number of anilines is 1. The van der Waals surface area contributed by atoms with Gasteiger partial charge in [0.1, 0.15) is 0 Å². The monoisotopic (exact) mass is 470 g/mol. The summed E-state index contributed by atoms with van der Waals surface area (Å²) < 4.78 is 47.6. The van der Waals surface area contributed by atoms with E-state index >= 15 is 0 Å². The fourth-order valence-electron chi connectivity index (χ4n) is 3.45. The molecule has 7 nitrogen and oxygen atoms in total. The minimum atomic E-state index is -4.64. The van der Waals surface area contributed by atoms with Crippen LogP contribution in [0.15, 0.2) is 47.0 Å². The van der Waals surface area contributed by atoms with Crippen LogP contribution in [0, 0.1) is 6.92 Å². The molecule has 0 fully saturated rings. The molecule has 0 amide bonds. The molecule has 1 aromatic carbocycles. The van der Waals surface area contributed by atoms with E-state index in [9.17, 15) is 13.2 Å². The van der Waals surface area contributed by atoms with Crippen LogP contribution in [0.5, 0.6) is 0 Å². The van der Waals surface area contributed by atoms with Crippen molar-refractivity contribution in [1.82, 2.24) is 24.7 Å². The molecule has 0 aliphatic rings. The molecule has 0 aliphatic heterocycles. The van der Waals surface area contributed by atoms with Crippen LogP contribution in [0.2, 0.25) is 0 Å². The Morgan fingerprint density at radius 2 is 1.91 bits per heavy atom. The van der Waals surface area contributed by atoms with Crippen LogP contribution in [0.4, 0.5) is 18.9 Å². The van der Waals surface area contributed by atoms with Gasteiger partial charge in [0, 0.05) is 22.2 Å². The highest BCUT2D eigenvalue weighted by molar-refractivity contribution is 7.15. The van der Waals surface area contributed by atoms with Gasteiger partial charge >= 0.3 is 6.18 Å². The van der Waals surface area contributed by atoms with E-state index in [4.69, 9.17) is 10.3 Å². The van der Waals surface area contributed by atoms with Crippen molar-refractivity contribution in [1.29, 1.82) is 0 Å². The number of aromatic nitrogens is 5. The first-order chi connectivity index (χ1) is 15.7. The second kappa shape index (κ2) is 7.69. The van der Waals surface area contributed by atoms with E-state index in [0.29, 0.717) is 16.1 Å². The van der Waals surface area contributed by atoms with Gasteiger partial charge in [-0.25, -0.2) is 9.50 Å². The summed E-state index contributed by atoms with van der Waals surface area (Å²) in [5.74, 6) is 0.249. The average molecular weight is 470 g/mol. The lowest BCUT2D eigenvalue weighted by molar-refractivity contribution is -0.142. The van der Waals surface area contributed by atoms with Gasteiger partial charge in [-0.2, -0.15) is 23.3 Å². The Labute approximate surface area is 189 Å². The van der Waals surface area contributed by atoms with Crippen LogP contribution >= 0.6 is 11.3 Å². The van der Waals surface area contributed by atoms with Gasteiger partial charge < -0.3 is 10.3 Å². The molecule has 0 radical (unpaired) electrons. The maximum Gasteiger partial charge on any atom is 0.433 e. The number of hydrogen-bond donors (Lipinski definition) is 1. The standard InChI is InChI=1S/C22H17F3N6OS/c1-3-12-7-8-17(33-12)15-9-18(22(23,24)25)31-19(27-15)10-16(29-31)21-28-20(30-32-21)13-5-4-6-14(26)11(13)2/h4-10H,3,26H2,1-2H3. The number of thiophene rings is 1. The zero-order valence-corrected chi connectivity index (χ0v) is 18.3. The second-order valence-electron chi connectivity index (χ2n) is 7.39. The molecular weight excluding hydrogens is 453 g/mol. The number of rotatable bonds is 4. The van der Waals surface area contributed by atoms with Gasteiger partial charge in [-0.1, -0.05) is 24.2 Å². The quantitative estimate of drug-likeness (QED) is 0.341. The normalized spacial score (nSPS) is 12.0. The second-order valence-corrected chi connectivity index (χ2v) is 8.55. The number of hydrogen-bond acceptors (Lipinski definition) is 7. The molecule has 5 rings (SSSR count). The molecule has 33 heavy (non-hydrogen) atoms. The van der Waals surface area contributed by atoms with E-state index in [1.807, 2.05) is 19.9 Å². The highest BCUT2D eigenvalue weighted by Gasteiger charge is 2.36. The fraction of sp³-hybridized carbons (Fsp3) is 0.182. The van der Waals surface area contributed by atoms with Crippen molar-refractivity contribution in [2.45, 2.75) is 26.4 Å². The van der Waals surface area contributed by atoms with Crippen LogP contribution in [-0.4, -0.2) is 24.7 Å². The predicted octanol–water partition coefficient (Wildman–Crippen LogP) is 5.65. The largest absolute Gasteiger partial charge is 0.433 e. The molecule has 4 heterocycles. The number of nitrogens with zero attached hydrogens (tertiary/aromatic N) is 5. The predicted molar refractivity (Wildman–Crippen MR) is 119 cm³/mol. The van der Waals surface area contributed by atoms with Gasteiger partial charge in [0.05, 0.1) is 10.6 Å². The molecule has 5 aromatic rings. The first-order valence-electron chi connectivity index (χ1n) is 10.0. The number of aryl methyl sites for hydroxylation is 1. The highest BCUT2D eigenvalue weighted by atomic mass is 32.1. The van der Waals surface area contributed by atoms with Crippen LogP contribution in [-0.2, 0) is 12.6 Å². The Hall–Kier alpha value is -3.73. The Kier molecular flexibility index (Phi) is 4.93. The van der Waals surface area contributed by atoms with Gasteiger partial charge in [0.25, 0.3) is 5.89 Å². The zero-order valence-electron chi connectivity index (χ0n) is 17.5. The molecule has 2 N–H and O–H groups in total. The Morgan fingerprint density at radius 1 is 1.09 bits per heavy atom. The lowest BCUT2D eigenvalue weighted by Crippen LogP contribution is -2.13. The molecule has 11 heteroatoms. The maximum absolute atomic E-state index is 13.9. The summed E-state index contributed by atoms with van der Waals surface area (Å²) in [7, 11) is 0. The summed E-state index contributed by atoms with van der Waals surface area (Å²) in [6.07, 6.45) is -3.84. The van der Waals surface area contributed by atoms with E-state index in [-0.39, 0.29) is 28.8 Å². The van der Waals surface area contributed by atoms with Gasteiger partial charge in [-0.05, 0) is 43.2 Å². The van der Waals surface area contributed by atoms with Crippen LogP contribution < -0.4 is 5.73 Å². The number of nitrogen functional groups attached to an aromatic ring is 1. The topological polar surface area (TPSA) is 95.1 Å². The Bertz CT molecular complexity index is 1480. The lowest BCUT2D eigenvalue weighted by atomic mass is 10.1. The summed E-state index contributed by atoms with van der Waals surface area (Å²) in [6.45, 7) is 3.81. The summed E-state index contributed by atoms with van der Waals surface area (Å²) in [6, 6.07) is 11.4. The zero-order chi connectivity index (χ0) is 23.3. The van der Waals surface area contributed by atoms with E-state index in [2.05, 4.69) is 20.2 Å². The molecule has 0 unspecified atom stereocenters. The lowest BCUT2D eigenvalue weighted by Gasteiger charge is -2.10. The molecule has 4 aromatic heterocycles. The van der Waals surface area contributed by atoms with Crippen molar-refractivity contribution in [3.05, 3.63) is 58.6 Å². The Balaban J connectivity index is 1.62. The molecule has 0 atom stereocenters. The molecular formula is C22H17F3N6OS. The minimum Gasteiger partial charge on any atom is -0.398 e. The van der Waals surface area contributed by atoms with Crippen LogP contribution in [0.25, 0.3) is 39.2 Å². The third-order valence-corrected chi connectivity index (χ3v) is 6.49. The van der Waals surface area contributed by atoms with Gasteiger partial charge in [0.2, 0.25) is 5.82 Å². The van der Waals surface area contributed by atoms with E-state index in [1.54, 1.807) is 24.3 Å². The number of halogens is 3. The molecule has 0 saturated heterocycles. The summed E-state index contributed by atoms with van der Waals surface area (Å²) >= 11 is 1.41. The summed E-state index contributed by atoms with van der Waals surface area (Å²) in [5, 5.41) is 8.02. The smallest absolute Gasteiger partial charge is 0.398 e. The van der Waals surface area contributed by atoms with E-state index < -0.39 is 11.9 Å². The van der Waals surface area contributed by atoms with Crippen molar-refractivity contribution in [3.8, 4) is 33.5 Å². The third kappa shape index (κ3) is 3.74. The molecule has 168 valence electrons. The van der Waals surface area contributed by atoms with Crippen molar-refractivity contribution in [3.63, 3.8) is 0 Å². The summed E-state index contributed by atoms with van der Waals surface area (Å²) in [5.41, 5.74) is 7.35. The van der Waals surface area contributed by atoms with Gasteiger partial charge in [0.15, 0.2) is 17.0 Å². The van der Waals surface area contributed by atoms with E-state index in [1.165, 1.54) is 17.4 Å². The number of nitrogens with two attached hydrogens (primary N) is 1. The third-order valence-electron chi connectivity index (χ3n) is 5.24.